The van der Waals surface area contributed by atoms with Crippen molar-refractivity contribution in [3.05, 3.63) is 48.0 Å². The van der Waals surface area contributed by atoms with Gasteiger partial charge in [0.05, 0.1) is 31.0 Å². The van der Waals surface area contributed by atoms with Gasteiger partial charge in [0.25, 0.3) is 0 Å². The third kappa shape index (κ3) is 3.46. The summed E-state index contributed by atoms with van der Waals surface area (Å²) in [7, 11) is 0. The quantitative estimate of drug-likeness (QED) is 0.807. The Hall–Kier alpha value is -2.21. The van der Waals surface area contributed by atoms with Gasteiger partial charge in [-0.15, -0.1) is 0 Å². The van der Waals surface area contributed by atoms with Crippen molar-refractivity contribution in [2.24, 2.45) is 0 Å². The Labute approximate surface area is 121 Å². The fourth-order valence-corrected chi connectivity index (χ4v) is 2.17. The highest BCUT2D eigenvalue weighted by Gasteiger charge is 2.20. The molecule has 0 radical (unpaired) electrons. The molecule has 1 aromatic carbocycles. The highest BCUT2D eigenvalue weighted by molar-refractivity contribution is 5.72. The molecule has 1 fully saturated rings. The maximum absolute atomic E-state index is 12.9. The van der Waals surface area contributed by atoms with Crippen LogP contribution >= 0.6 is 0 Å². The van der Waals surface area contributed by atoms with Crippen LogP contribution in [0.5, 0.6) is 0 Å². The number of aromatic nitrogens is 2. The van der Waals surface area contributed by atoms with Gasteiger partial charge in [-0.2, -0.15) is 5.10 Å². The zero-order chi connectivity index (χ0) is 14.7. The van der Waals surface area contributed by atoms with E-state index in [4.69, 9.17) is 9.47 Å². The van der Waals surface area contributed by atoms with E-state index in [9.17, 15) is 9.18 Å². The van der Waals surface area contributed by atoms with Gasteiger partial charge in [-0.1, -0.05) is 0 Å². The number of hydrogen-bond acceptors (Lipinski definition) is 4. The molecule has 2 heterocycles. The molecule has 5 nitrogen and oxygen atoms in total. The molecular weight excluding hydrogens is 275 g/mol. The first-order valence-electron chi connectivity index (χ1n) is 6.78. The lowest BCUT2D eigenvalue weighted by atomic mass is 10.3. The molecule has 0 spiro atoms. The molecule has 0 amide bonds. The Morgan fingerprint density at radius 1 is 1.38 bits per heavy atom. The number of halogens is 1. The number of hydrogen-bond donors (Lipinski definition) is 0. The van der Waals surface area contributed by atoms with Crippen LogP contribution in [-0.4, -0.2) is 35.1 Å². The average Bonchev–Trinajstić information content (AvgIpc) is 3.11. The van der Waals surface area contributed by atoms with Crippen LogP contribution in [0, 0.1) is 5.82 Å². The highest BCUT2D eigenvalue weighted by Crippen LogP contribution is 2.12. The number of esters is 1. The summed E-state index contributed by atoms with van der Waals surface area (Å²) in [5.74, 6) is -0.608. The van der Waals surface area contributed by atoms with Gasteiger partial charge in [0.1, 0.15) is 11.9 Å². The van der Waals surface area contributed by atoms with E-state index in [1.807, 2.05) is 0 Å². The minimum absolute atomic E-state index is 0.116. The fourth-order valence-electron chi connectivity index (χ4n) is 2.17. The van der Waals surface area contributed by atoms with Crippen molar-refractivity contribution in [3.8, 4) is 5.69 Å². The number of carbonyl (C=O) groups excluding carboxylic acids is 1. The topological polar surface area (TPSA) is 53.4 Å². The molecule has 1 aromatic heterocycles. The van der Waals surface area contributed by atoms with Crippen molar-refractivity contribution < 1.29 is 18.7 Å². The Bertz CT molecular complexity index is 618. The summed E-state index contributed by atoms with van der Waals surface area (Å²) >= 11 is 0. The Balaban J connectivity index is 1.61. The lowest BCUT2D eigenvalue weighted by molar-refractivity contribution is -0.148. The third-order valence-corrected chi connectivity index (χ3v) is 3.25. The van der Waals surface area contributed by atoms with E-state index in [1.54, 1.807) is 29.1 Å². The number of carbonyl (C=O) groups is 1. The second-order valence-corrected chi connectivity index (χ2v) is 4.88. The minimum atomic E-state index is -0.310. The molecule has 0 saturated carbocycles. The molecule has 2 aromatic rings. The third-order valence-electron chi connectivity index (χ3n) is 3.25. The van der Waals surface area contributed by atoms with E-state index < -0.39 is 0 Å². The van der Waals surface area contributed by atoms with E-state index in [1.165, 1.54) is 12.1 Å². The Kier molecular flexibility index (Phi) is 3.96. The van der Waals surface area contributed by atoms with Crippen LogP contribution < -0.4 is 0 Å². The van der Waals surface area contributed by atoms with Gasteiger partial charge in [-0.3, -0.25) is 4.79 Å². The summed E-state index contributed by atoms with van der Waals surface area (Å²) < 4.78 is 24.9. The van der Waals surface area contributed by atoms with Gasteiger partial charge in [0, 0.05) is 12.6 Å². The first-order chi connectivity index (χ1) is 10.2. The van der Waals surface area contributed by atoms with Crippen molar-refractivity contribution in [1.29, 1.82) is 0 Å². The van der Waals surface area contributed by atoms with E-state index in [-0.39, 0.29) is 24.3 Å². The number of ether oxygens (including phenoxy) is 2. The van der Waals surface area contributed by atoms with Crippen LogP contribution in [0.4, 0.5) is 4.39 Å². The van der Waals surface area contributed by atoms with E-state index in [0.717, 1.165) is 12.1 Å². The molecule has 1 aliphatic rings. The van der Waals surface area contributed by atoms with Gasteiger partial charge >= 0.3 is 5.97 Å². The molecule has 0 N–H and O–H groups in total. The van der Waals surface area contributed by atoms with Gasteiger partial charge in [-0.25, -0.2) is 9.07 Å². The molecule has 1 saturated heterocycles. The smallest absolute Gasteiger partial charge is 0.312 e. The summed E-state index contributed by atoms with van der Waals surface area (Å²) in [4.78, 5) is 11.8. The summed E-state index contributed by atoms with van der Waals surface area (Å²) in [6.45, 7) is 1.10. The molecule has 0 unspecified atom stereocenters. The molecule has 3 rings (SSSR count). The number of benzene rings is 1. The van der Waals surface area contributed by atoms with Crippen molar-refractivity contribution in [3.63, 3.8) is 0 Å². The monoisotopic (exact) mass is 290 g/mol. The van der Waals surface area contributed by atoms with Crippen LogP contribution in [0.25, 0.3) is 5.69 Å². The van der Waals surface area contributed by atoms with E-state index in [2.05, 4.69) is 5.10 Å². The zero-order valence-electron chi connectivity index (χ0n) is 11.4. The van der Waals surface area contributed by atoms with Gasteiger partial charge in [-0.05, 0) is 30.3 Å². The molecule has 21 heavy (non-hydrogen) atoms. The number of nitrogens with zero attached hydrogens (tertiary/aromatic N) is 2. The second-order valence-electron chi connectivity index (χ2n) is 4.88. The van der Waals surface area contributed by atoms with Gasteiger partial charge in [0.2, 0.25) is 0 Å². The van der Waals surface area contributed by atoms with Crippen LogP contribution in [0.15, 0.2) is 36.5 Å². The summed E-state index contributed by atoms with van der Waals surface area (Å²) in [5, 5.41) is 4.29. The standard InChI is InChI=1S/C15H15FN2O3/c16-11-1-3-13(4-2-11)18-7-5-12(17-18)9-15(19)21-14-6-8-20-10-14/h1-5,7,14H,6,8-10H2/t14-/m1/s1. The average molecular weight is 290 g/mol. The van der Waals surface area contributed by atoms with Crippen LogP contribution in [0.3, 0.4) is 0 Å². The molecule has 110 valence electrons. The lowest BCUT2D eigenvalue weighted by Gasteiger charge is -2.08. The molecule has 0 aliphatic carbocycles. The lowest BCUT2D eigenvalue weighted by Crippen LogP contribution is -2.19. The largest absolute Gasteiger partial charge is 0.460 e. The van der Waals surface area contributed by atoms with Gasteiger partial charge < -0.3 is 9.47 Å². The van der Waals surface area contributed by atoms with Crippen LogP contribution in [-0.2, 0) is 20.7 Å². The predicted octanol–water partition coefficient (Wildman–Crippen LogP) is 1.89. The molecular formula is C15H15FN2O3. The summed E-state index contributed by atoms with van der Waals surface area (Å²) in [6.07, 6.45) is 2.45. The summed E-state index contributed by atoms with van der Waals surface area (Å²) in [5.41, 5.74) is 1.35. The highest BCUT2D eigenvalue weighted by atomic mass is 19.1. The zero-order valence-corrected chi connectivity index (χ0v) is 11.4. The molecule has 1 atom stereocenters. The van der Waals surface area contributed by atoms with E-state index >= 15 is 0 Å². The molecule has 1 aliphatic heterocycles. The van der Waals surface area contributed by atoms with Crippen molar-refractivity contribution >= 4 is 5.97 Å². The van der Waals surface area contributed by atoms with E-state index in [0.29, 0.717) is 18.9 Å². The Morgan fingerprint density at radius 2 is 2.19 bits per heavy atom. The summed E-state index contributed by atoms with van der Waals surface area (Å²) in [6, 6.07) is 7.73. The number of rotatable bonds is 4. The molecule has 0 bridgehead atoms. The second kappa shape index (κ2) is 6.05. The van der Waals surface area contributed by atoms with Crippen molar-refractivity contribution in [2.45, 2.75) is 18.9 Å². The maximum atomic E-state index is 12.9. The van der Waals surface area contributed by atoms with Crippen LogP contribution in [0.2, 0.25) is 0 Å². The van der Waals surface area contributed by atoms with Crippen LogP contribution in [0.1, 0.15) is 12.1 Å². The predicted molar refractivity (Wildman–Crippen MR) is 72.5 cm³/mol. The van der Waals surface area contributed by atoms with Gasteiger partial charge in [0.15, 0.2) is 0 Å². The molecule has 6 heteroatoms. The first kappa shape index (κ1) is 13.8. The maximum Gasteiger partial charge on any atom is 0.312 e. The normalized spacial score (nSPS) is 17.9. The SMILES string of the molecule is O=C(Cc1ccn(-c2ccc(F)cc2)n1)O[C@@H]1CCOC1. The van der Waals surface area contributed by atoms with Crippen molar-refractivity contribution in [1.82, 2.24) is 9.78 Å². The Morgan fingerprint density at radius 3 is 2.90 bits per heavy atom. The van der Waals surface area contributed by atoms with Crippen molar-refractivity contribution in [2.75, 3.05) is 13.2 Å². The minimum Gasteiger partial charge on any atom is -0.460 e. The fraction of sp³-hybridized carbons (Fsp3) is 0.333. The first-order valence-corrected chi connectivity index (χ1v) is 6.78.